The van der Waals surface area contributed by atoms with Crippen LogP contribution in [-0.2, 0) is 12.8 Å². The first-order valence-corrected chi connectivity index (χ1v) is 5.51. The van der Waals surface area contributed by atoms with Gasteiger partial charge < -0.3 is 10.2 Å². The van der Waals surface area contributed by atoms with Crippen LogP contribution in [0.5, 0.6) is 0 Å². The maximum Gasteiger partial charge on any atom is 0.106 e. The second-order valence-electron chi connectivity index (χ2n) is 3.50. The number of aryl methyl sites for hydroxylation is 2. The molecule has 1 aliphatic carbocycles. The molecule has 0 fully saturated rings. The van der Waals surface area contributed by atoms with Gasteiger partial charge in [0.05, 0.1) is 6.10 Å². The van der Waals surface area contributed by atoms with Gasteiger partial charge in [0.2, 0.25) is 0 Å². The predicted molar refractivity (Wildman–Crippen MR) is 53.0 cm³/mol. The van der Waals surface area contributed by atoms with E-state index >= 15 is 0 Å². The fourth-order valence-electron chi connectivity index (χ4n) is 1.76. The Morgan fingerprint density at radius 3 is 3.00 bits per heavy atom. The van der Waals surface area contributed by atoms with Gasteiger partial charge in [0.1, 0.15) is 6.10 Å². The zero-order valence-corrected chi connectivity index (χ0v) is 8.47. The zero-order valence-electron chi connectivity index (χ0n) is 7.66. The predicted octanol–water partition coefficient (Wildman–Crippen LogP) is 1.65. The van der Waals surface area contributed by atoms with Crippen LogP contribution in [0.15, 0.2) is 6.07 Å². The lowest BCUT2D eigenvalue weighted by molar-refractivity contribution is 0.00724. The van der Waals surface area contributed by atoms with E-state index < -0.39 is 12.2 Å². The standard InChI is InChI=1S/C10H14O2S/c1-2-6-5-7-9(13-6)4-3-8(11)10(7)12/h5,8,10-12H,2-4H2,1H3. The van der Waals surface area contributed by atoms with E-state index in [1.165, 1.54) is 9.75 Å². The molecule has 2 N–H and O–H groups in total. The summed E-state index contributed by atoms with van der Waals surface area (Å²) in [4.78, 5) is 2.56. The molecule has 0 aliphatic heterocycles. The summed E-state index contributed by atoms with van der Waals surface area (Å²) >= 11 is 1.77. The molecular weight excluding hydrogens is 184 g/mol. The third-order valence-electron chi connectivity index (χ3n) is 2.59. The molecule has 2 rings (SSSR count). The molecule has 1 aromatic rings. The van der Waals surface area contributed by atoms with Gasteiger partial charge in [-0.2, -0.15) is 0 Å². The van der Waals surface area contributed by atoms with E-state index in [1.807, 2.05) is 6.07 Å². The van der Waals surface area contributed by atoms with Gasteiger partial charge >= 0.3 is 0 Å². The van der Waals surface area contributed by atoms with Crippen LogP contribution in [0.1, 0.15) is 34.8 Å². The Morgan fingerprint density at radius 1 is 1.54 bits per heavy atom. The number of aliphatic hydroxyl groups excluding tert-OH is 2. The Labute approximate surface area is 81.8 Å². The number of hydrogen-bond donors (Lipinski definition) is 2. The minimum Gasteiger partial charge on any atom is -0.390 e. The summed E-state index contributed by atoms with van der Waals surface area (Å²) in [6.45, 7) is 2.11. The van der Waals surface area contributed by atoms with E-state index in [1.54, 1.807) is 11.3 Å². The molecule has 0 radical (unpaired) electrons. The van der Waals surface area contributed by atoms with Crippen molar-refractivity contribution in [3.8, 4) is 0 Å². The first-order chi connectivity index (χ1) is 6.22. The van der Waals surface area contributed by atoms with E-state index in [0.717, 1.165) is 18.4 Å². The van der Waals surface area contributed by atoms with Crippen LogP contribution in [0.25, 0.3) is 0 Å². The highest BCUT2D eigenvalue weighted by atomic mass is 32.1. The van der Waals surface area contributed by atoms with Crippen LogP contribution in [-0.4, -0.2) is 16.3 Å². The molecule has 0 saturated carbocycles. The molecule has 0 bridgehead atoms. The van der Waals surface area contributed by atoms with Crippen molar-refractivity contribution in [2.75, 3.05) is 0 Å². The van der Waals surface area contributed by atoms with Crippen LogP contribution in [0.2, 0.25) is 0 Å². The number of hydrogen-bond acceptors (Lipinski definition) is 3. The molecule has 0 saturated heterocycles. The number of fused-ring (bicyclic) bond motifs is 1. The summed E-state index contributed by atoms with van der Waals surface area (Å²) in [7, 11) is 0. The first kappa shape index (κ1) is 9.19. The van der Waals surface area contributed by atoms with Crippen molar-refractivity contribution < 1.29 is 10.2 Å². The van der Waals surface area contributed by atoms with Gasteiger partial charge in [-0.25, -0.2) is 0 Å². The summed E-state index contributed by atoms with van der Waals surface area (Å²) in [6.07, 6.45) is 1.41. The summed E-state index contributed by atoms with van der Waals surface area (Å²) < 4.78 is 0. The summed E-state index contributed by atoms with van der Waals surface area (Å²) in [5, 5.41) is 19.2. The smallest absolute Gasteiger partial charge is 0.106 e. The van der Waals surface area contributed by atoms with Gasteiger partial charge in [-0.15, -0.1) is 11.3 Å². The molecule has 1 aromatic heterocycles. The van der Waals surface area contributed by atoms with Crippen molar-refractivity contribution in [1.29, 1.82) is 0 Å². The zero-order chi connectivity index (χ0) is 9.42. The lowest BCUT2D eigenvalue weighted by atomic mass is 9.93. The largest absolute Gasteiger partial charge is 0.390 e. The highest BCUT2D eigenvalue weighted by Gasteiger charge is 2.27. The van der Waals surface area contributed by atoms with Crippen molar-refractivity contribution in [2.24, 2.45) is 0 Å². The normalized spacial score (nSPS) is 27.3. The Kier molecular flexibility index (Phi) is 2.41. The van der Waals surface area contributed by atoms with Gasteiger partial charge in [0, 0.05) is 9.75 Å². The molecule has 72 valence electrons. The summed E-state index contributed by atoms with van der Waals surface area (Å²) in [5.41, 5.74) is 0.959. The lowest BCUT2D eigenvalue weighted by Gasteiger charge is -2.23. The SMILES string of the molecule is CCc1cc2c(s1)CCC(O)C2O. The van der Waals surface area contributed by atoms with Gasteiger partial charge in [0.25, 0.3) is 0 Å². The lowest BCUT2D eigenvalue weighted by Crippen LogP contribution is -2.23. The van der Waals surface area contributed by atoms with E-state index in [2.05, 4.69) is 6.92 Å². The fourth-order valence-corrected chi connectivity index (χ4v) is 2.93. The second kappa shape index (κ2) is 3.40. The monoisotopic (exact) mass is 198 g/mol. The Morgan fingerprint density at radius 2 is 2.31 bits per heavy atom. The quantitative estimate of drug-likeness (QED) is 0.720. The van der Waals surface area contributed by atoms with Crippen molar-refractivity contribution in [3.63, 3.8) is 0 Å². The van der Waals surface area contributed by atoms with Gasteiger partial charge in [-0.3, -0.25) is 0 Å². The molecule has 2 nitrogen and oxygen atoms in total. The van der Waals surface area contributed by atoms with Crippen LogP contribution < -0.4 is 0 Å². The third-order valence-corrected chi connectivity index (χ3v) is 3.95. The van der Waals surface area contributed by atoms with Gasteiger partial charge in [-0.05, 0) is 30.9 Å². The average molecular weight is 198 g/mol. The molecule has 0 aromatic carbocycles. The van der Waals surface area contributed by atoms with E-state index in [4.69, 9.17) is 0 Å². The van der Waals surface area contributed by atoms with E-state index in [0.29, 0.717) is 6.42 Å². The summed E-state index contributed by atoms with van der Waals surface area (Å²) in [6, 6.07) is 2.03. The minimum atomic E-state index is -0.653. The Hall–Kier alpha value is -0.380. The Balaban J connectivity index is 2.36. The van der Waals surface area contributed by atoms with Crippen molar-refractivity contribution in [3.05, 3.63) is 21.4 Å². The molecule has 1 aliphatic rings. The molecule has 2 atom stereocenters. The van der Waals surface area contributed by atoms with E-state index in [9.17, 15) is 10.2 Å². The van der Waals surface area contributed by atoms with E-state index in [-0.39, 0.29) is 0 Å². The van der Waals surface area contributed by atoms with Crippen molar-refractivity contribution in [1.82, 2.24) is 0 Å². The summed E-state index contributed by atoms with van der Waals surface area (Å²) in [5.74, 6) is 0. The molecular formula is C10H14O2S. The molecule has 3 heteroatoms. The number of rotatable bonds is 1. The van der Waals surface area contributed by atoms with Crippen LogP contribution in [0, 0.1) is 0 Å². The fraction of sp³-hybridized carbons (Fsp3) is 0.600. The highest BCUT2D eigenvalue weighted by Crippen LogP contribution is 2.35. The average Bonchev–Trinajstić information content (AvgIpc) is 2.55. The van der Waals surface area contributed by atoms with Crippen LogP contribution >= 0.6 is 11.3 Å². The maximum absolute atomic E-state index is 9.70. The van der Waals surface area contributed by atoms with Crippen molar-refractivity contribution >= 4 is 11.3 Å². The second-order valence-corrected chi connectivity index (χ2v) is 4.72. The number of aliphatic hydroxyl groups is 2. The maximum atomic E-state index is 9.70. The van der Waals surface area contributed by atoms with Crippen molar-refractivity contribution in [2.45, 2.75) is 38.4 Å². The van der Waals surface area contributed by atoms with Gasteiger partial charge in [0.15, 0.2) is 0 Å². The highest BCUT2D eigenvalue weighted by molar-refractivity contribution is 7.12. The Bertz CT molecular complexity index is 306. The molecule has 1 heterocycles. The van der Waals surface area contributed by atoms with Crippen LogP contribution in [0.3, 0.4) is 0 Å². The third kappa shape index (κ3) is 1.52. The van der Waals surface area contributed by atoms with Crippen LogP contribution in [0.4, 0.5) is 0 Å². The number of thiophene rings is 1. The topological polar surface area (TPSA) is 40.5 Å². The van der Waals surface area contributed by atoms with Gasteiger partial charge in [-0.1, -0.05) is 6.92 Å². The first-order valence-electron chi connectivity index (χ1n) is 4.70. The molecule has 0 amide bonds. The minimum absolute atomic E-state index is 0.563. The molecule has 2 unspecified atom stereocenters. The molecule has 13 heavy (non-hydrogen) atoms. The molecule has 0 spiro atoms.